The van der Waals surface area contributed by atoms with Crippen LogP contribution >= 0.6 is 11.8 Å². The van der Waals surface area contributed by atoms with Crippen molar-refractivity contribution in [3.8, 4) is 5.69 Å². The molecule has 6 nitrogen and oxygen atoms in total. The molecule has 2 heterocycles. The fourth-order valence-corrected chi connectivity index (χ4v) is 6.48. The van der Waals surface area contributed by atoms with Crippen molar-refractivity contribution in [3.63, 3.8) is 0 Å². The van der Waals surface area contributed by atoms with E-state index in [-0.39, 0.29) is 28.7 Å². The number of hydrogen-bond acceptors (Lipinski definition) is 5. The second-order valence-electron chi connectivity index (χ2n) is 7.32. The Balaban J connectivity index is 1.61. The van der Waals surface area contributed by atoms with Gasteiger partial charge in [-0.3, -0.25) is 9.36 Å². The number of carbonyl (C=O) groups excluding carboxylic acids is 1. The first-order valence-electron chi connectivity index (χ1n) is 9.52. The molecular weight excluding hydrogens is 406 g/mol. The number of benzene rings is 2. The van der Waals surface area contributed by atoms with Crippen LogP contribution in [-0.2, 0) is 14.6 Å². The quantitative estimate of drug-likeness (QED) is 0.583. The molecule has 1 fully saturated rings. The molecule has 0 N–H and O–H groups in total. The molecule has 1 saturated heterocycles. The summed E-state index contributed by atoms with van der Waals surface area (Å²) >= 11 is 1.40. The van der Waals surface area contributed by atoms with Gasteiger partial charge in [-0.2, -0.15) is 0 Å². The summed E-state index contributed by atoms with van der Waals surface area (Å²) in [5.41, 5.74) is 2.84. The van der Waals surface area contributed by atoms with Crippen molar-refractivity contribution in [1.29, 1.82) is 0 Å². The molecular formula is C21H23N3O3S2. The van der Waals surface area contributed by atoms with Gasteiger partial charge in [0, 0.05) is 18.8 Å². The Morgan fingerprint density at radius 1 is 1.17 bits per heavy atom. The van der Waals surface area contributed by atoms with Crippen LogP contribution in [0.4, 0.5) is 0 Å². The van der Waals surface area contributed by atoms with Crippen LogP contribution in [0.1, 0.15) is 13.3 Å². The van der Waals surface area contributed by atoms with E-state index in [0.717, 1.165) is 21.9 Å². The third-order valence-electron chi connectivity index (χ3n) is 5.28. The zero-order valence-electron chi connectivity index (χ0n) is 16.4. The van der Waals surface area contributed by atoms with Gasteiger partial charge in [-0.05, 0) is 37.6 Å². The monoisotopic (exact) mass is 429 g/mol. The summed E-state index contributed by atoms with van der Waals surface area (Å²) in [6.45, 7) is 1.85. The molecule has 1 aromatic heterocycles. The first kappa shape index (κ1) is 20.0. The Labute approximate surface area is 174 Å². The van der Waals surface area contributed by atoms with E-state index >= 15 is 0 Å². The van der Waals surface area contributed by atoms with Crippen molar-refractivity contribution in [2.45, 2.75) is 29.8 Å². The number of sulfone groups is 1. The van der Waals surface area contributed by atoms with E-state index in [1.165, 1.54) is 11.8 Å². The van der Waals surface area contributed by atoms with Crippen molar-refractivity contribution >= 4 is 38.5 Å². The second kappa shape index (κ2) is 7.84. The molecule has 0 radical (unpaired) electrons. The minimum absolute atomic E-state index is 0.0507. The smallest absolute Gasteiger partial charge is 0.235 e. The zero-order chi connectivity index (χ0) is 20.6. The fraction of sp³-hybridized carbons (Fsp3) is 0.333. The summed E-state index contributed by atoms with van der Waals surface area (Å²) in [4.78, 5) is 19.3. The Hall–Kier alpha value is -2.32. The molecule has 1 aliphatic rings. The molecule has 1 aliphatic heterocycles. The van der Waals surface area contributed by atoms with Gasteiger partial charge in [0.15, 0.2) is 15.0 Å². The molecule has 1 amide bonds. The van der Waals surface area contributed by atoms with Crippen LogP contribution in [0.5, 0.6) is 0 Å². The van der Waals surface area contributed by atoms with E-state index in [1.807, 2.05) is 61.5 Å². The number of fused-ring (bicyclic) bond motifs is 1. The minimum Gasteiger partial charge on any atom is -0.341 e. The summed E-state index contributed by atoms with van der Waals surface area (Å²) in [6.07, 6.45) is 0.504. The Morgan fingerprint density at radius 2 is 1.86 bits per heavy atom. The molecule has 8 heteroatoms. The van der Waals surface area contributed by atoms with Crippen molar-refractivity contribution in [2.75, 3.05) is 18.6 Å². The van der Waals surface area contributed by atoms with Gasteiger partial charge in [-0.1, -0.05) is 42.1 Å². The molecule has 0 spiro atoms. The number of aromatic nitrogens is 2. The highest BCUT2D eigenvalue weighted by Crippen LogP contribution is 2.31. The largest absolute Gasteiger partial charge is 0.341 e. The fourth-order valence-electron chi connectivity index (χ4n) is 3.67. The summed E-state index contributed by atoms with van der Waals surface area (Å²) in [5, 5.41) is 0.355. The maximum atomic E-state index is 13.0. The number of imidazole rings is 1. The van der Waals surface area contributed by atoms with Crippen molar-refractivity contribution < 1.29 is 13.2 Å². The number of thioether (sulfide) groups is 1. The summed E-state index contributed by atoms with van der Waals surface area (Å²) < 4.78 is 25.6. The molecule has 0 bridgehead atoms. The van der Waals surface area contributed by atoms with Gasteiger partial charge in [0.05, 0.1) is 27.8 Å². The van der Waals surface area contributed by atoms with Crippen LogP contribution in [0.2, 0.25) is 0 Å². The molecule has 2 unspecified atom stereocenters. The van der Waals surface area contributed by atoms with Crippen molar-refractivity contribution in [3.05, 3.63) is 54.6 Å². The highest BCUT2D eigenvalue weighted by atomic mass is 32.2. The average Bonchev–Trinajstić information content (AvgIpc) is 3.26. The normalized spacial score (nSPS) is 19.3. The van der Waals surface area contributed by atoms with Crippen LogP contribution in [0, 0.1) is 0 Å². The molecule has 2 aromatic carbocycles. The van der Waals surface area contributed by atoms with E-state index in [9.17, 15) is 13.2 Å². The number of carbonyl (C=O) groups is 1. The minimum atomic E-state index is -3.04. The standard InChI is InChI=1S/C21H23N3O3S2/c1-15(20(25)23(2)17-12-13-29(26,27)14-17)28-21-22-18-10-6-7-11-19(18)24(21)16-8-4-3-5-9-16/h3-11,15,17H,12-14H2,1-2H3. The van der Waals surface area contributed by atoms with E-state index in [1.54, 1.807) is 11.9 Å². The SMILES string of the molecule is CC(Sc1nc2ccccc2n1-c1ccccc1)C(=O)N(C)C1CCS(=O)(=O)C1. The first-order chi connectivity index (χ1) is 13.9. The molecule has 0 saturated carbocycles. The summed E-state index contributed by atoms with van der Waals surface area (Å²) in [7, 11) is -1.34. The molecule has 4 rings (SSSR count). The summed E-state index contributed by atoms with van der Waals surface area (Å²) in [5.74, 6) is 0.124. The van der Waals surface area contributed by atoms with Crippen LogP contribution in [-0.4, -0.2) is 58.6 Å². The average molecular weight is 430 g/mol. The molecule has 3 aromatic rings. The van der Waals surface area contributed by atoms with Crippen molar-refractivity contribution in [2.24, 2.45) is 0 Å². The lowest BCUT2D eigenvalue weighted by molar-refractivity contribution is -0.130. The van der Waals surface area contributed by atoms with Gasteiger partial charge >= 0.3 is 0 Å². The van der Waals surface area contributed by atoms with Gasteiger partial charge in [-0.25, -0.2) is 13.4 Å². The highest BCUT2D eigenvalue weighted by molar-refractivity contribution is 8.00. The number of hydrogen-bond donors (Lipinski definition) is 0. The lowest BCUT2D eigenvalue weighted by atomic mass is 10.2. The number of rotatable bonds is 5. The van der Waals surface area contributed by atoms with Crippen LogP contribution in [0.25, 0.3) is 16.7 Å². The molecule has 29 heavy (non-hydrogen) atoms. The van der Waals surface area contributed by atoms with E-state index in [2.05, 4.69) is 4.57 Å². The Kier molecular flexibility index (Phi) is 5.40. The van der Waals surface area contributed by atoms with Gasteiger partial charge in [0.1, 0.15) is 0 Å². The Morgan fingerprint density at radius 3 is 2.55 bits per heavy atom. The third-order valence-corrected chi connectivity index (χ3v) is 8.07. The zero-order valence-corrected chi connectivity index (χ0v) is 18.0. The first-order valence-corrected chi connectivity index (χ1v) is 12.2. The predicted molar refractivity (Wildman–Crippen MR) is 116 cm³/mol. The van der Waals surface area contributed by atoms with E-state index in [0.29, 0.717) is 6.42 Å². The van der Waals surface area contributed by atoms with Crippen LogP contribution in [0.3, 0.4) is 0 Å². The van der Waals surface area contributed by atoms with Gasteiger partial charge in [-0.15, -0.1) is 0 Å². The summed E-state index contributed by atoms with van der Waals surface area (Å²) in [6, 6.07) is 17.6. The predicted octanol–water partition coefficient (Wildman–Crippen LogP) is 3.15. The lowest BCUT2D eigenvalue weighted by Gasteiger charge is -2.26. The van der Waals surface area contributed by atoms with Crippen LogP contribution < -0.4 is 0 Å². The second-order valence-corrected chi connectivity index (χ2v) is 10.9. The van der Waals surface area contributed by atoms with Gasteiger partial charge in [0.2, 0.25) is 5.91 Å². The van der Waals surface area contributed by atoms with Gasteiger partial charge in [0.25, 0.3) is 0 Å². The maximum Gasteiger partial charge on any atom is 0.235 e. The highest BCUT2D eigenvalue weighted by Gasteiger charge is 2.34. The molecule has 0 aliphatic carbocycles. The van der Waals surface area contributed by atoms with Crippen molar-refractivity contribution in [1.82, 2.24) is 14.5 Å². The van der Waals surface area contributed by atoms with Gasteiger partial charge < -0.3 is 4.90 Å². The van der Waals surface area contributed by atoms with E-state index in [4.69, 9.17) is 4.98 Å². The molecule has 2 atom stereocenters. The maximum absolute atomic E-state index is 13.0. The number of nitrogens with zero attached hydrogens (tertiary/aromatic N) is 3. The number of amides is 1. The lowest BCUT2D eigenvalue weighted by Crippen LogP contribution is -2.41. The molecule has 152 valence electrons. The van der Waals surface area contributed by atoms with Crippen LogP contribution in [0.15, 0.2) is 59.8 Å². The third kappa shape index (κ3) is 4.04. The Bertz CT molecular complexity index is 1140. The topological polar surface area (TPSA) is 72.3 Å². The number of para-hydroxylation sites is 3. The van der Waals surface area contributed by atoms with E-state index < -0.39 is 9.84 Å².